The fourth-order valence-electron chi connectivity index (χ4n) is 1.87. The molecule has 1 N–H and O–H groups in total. The highest BCUT2D eigenvalue weighted by Gasteiger charge is 2.56. The van der Waals surface area contributed by atoms with Crippen LogP contribution >= 0.6 is 0 Å². The van der Waals surface area contributed by atoms with Gasteiger partial charge in [-0.2, -0.15) is 0 Å². The topological polar surface area (TPSA) is 108 Å². The van der Waals surface area contributed by atoms with Crippen LogP contribution in [0, 0.1) is 12.3 Å². The van der Waals surface area contributed by atoms with Gasteiger partial charge >= 0.3 is 17.9 Å². The molecule has 4 atom stereocenters. The summed E-state index contributed by atoms with van der Waals surface area (Å²) in [7, 11) is 0. The Labute approximate surface area is 121 Å². The van der Waals surface area contributed by atoms with E-state index in [0.717, 1.165) is 20.8 Å². The predicted octanol–water partition coefficient (Wildman–Crippen LogP) is -0.866. The number of esters is 3. The SMILES string of the molecule is C#C[C@@]1(O)[C@H](OC(C)=O)CO[C@@H](OC(C)=O)[C@@H]1OC(C)=O. The van der Waals surface area contributed by atoms with Crippen molar-refractivity contribution in [2.24, 2.45) is 0 Å². The number of hydrogen-bond acceptors (Lipinski definition) is 8. The summed E-state index contributed by atoms with van der Waals surface area (Å²) in [6, 6.07) is 0. The number of carbonyl (C=O) groups excluding carboxylic acids is 3. The molecule has 0 saturated carbocycles. The fraction of sp³-hybridized carbons (Fsp3) is 0.615. The van der Waals surface area contributed by atoms with Crippen molar-refractivity contribution in [3.63, 3.8) is 0 Å². The van der Waals surface area contributed by atoms with Gasteiger partial charge in [0.1, 0.15) is 0 Å². The van der Waals surface area contributed by atoms with E-state index in [-0.39, 0.29) is 6.61 Å². The third-order valence-electron chi connectivity index (χ3n) is 2.70. The molecule has 0 amide bonds. The minimum atomic E-state index is -2.18. The van der Waals surface area contributed by atoms with Crippen molar-refractivity contribution in [1.29, 1.82) is 0 Å². The maximum atomic E-state index is 11.2. The monoisotopic (exact) mass is 300 g/mol. The molecule has 116 valence electrons. The van der Waals surface area contributed by atoms with Crippen LogP contribution in [0.25, 0.3) is 0 Å². The first-order valence-corrected chi connectivity index (χ1v) is 6.04. The van der Waals surface area contributed by atoms with Crippen molar-refractivity contribution in [2.75, 3.05) is 6.61 Å². The molecule has 1 fully saturated rings. The molecular weight excluding hydrogens is 284 g/mol. The first kappa shape index (κ1) is 16.9. The average Bonchev–Trinajstić information content (AvgIpc) is 2.36. The number of terminal acetylenes is 1. The molecule has 0 bridgehead atoms. The molecule has 1 aliphatic rings. The largest absolute Gasteiger partial charge is 0.456 e. The maximum Gasteiger partial charge on any atom is 0.305 e. The molecule has 0 aromatic rings. The van der Waals surface area contributed by atoms with E-state index in [2.05, 4.69) is 0 Å². The van der Waals surface area contributed by atoms with E-state index in [1.807, 2.05) is 5.92 Å². The molecule has 0 aromatic heterocycles. The molecule has 1 aliphatic heterocycles. The van der Waals surface area contributed by atoms with Crippen molar-refractivity contribution in [3.05, 3.63) is 0 Å². The Kier molecular flexibility index (Phi) is 5.29. The quantitative estimate of drug-likeness (QED) is 0.407. The van der Waals surface area contributed by atoms with Gasteiger partial charge in [-0.1, -0.05) is 5.92 Å². The van der Waals surface area contributed by atoms with E-state index in [1.165, 1.54) is 0 Å². The number of hydrogen-bond donors (Lipinski definition) is 1. The lowest BCUT2D eigenvalue weighted by Gasteiger charge is -2.43. The van der Waals surface area contributed by atoms with Crippen LogP contribution in [-0.4, -0.2) is 53.7 Å². The minimum absolute atomic E-state index is 0.323. The van der Waals surface area contributed by atoms with Gasteiger partial charge in [0.25, 0.3) is 0 Å². The molecule has 0 radical (unpaired) electrons. The Morgan fingerprint density at radius 2 is 1.67 bits per heavy atom. The summed E-state index contributed by atoms with van der Waals surface area (Å²) in [6.07, 6.45) is 1.09. The van der Waals surface area contributed by atoms with Gasteiger partial charge < -0.3 is 24.1 Å². The molecule has 0 spiro atoms. The summed E-state index contributed by atoms with van der Waals surface area (Å²) in [4.78, 5) is 33.3. The second kappa shape index (κ2) is 6.56. The number of rotatable bonds is 3. The average molecular weight is 300 g/mol. The van der Waals surface area contributed by atoms with E-state index in [9.17, 15) is 19.5 Å². The van der Waals surface area contributed by atoms with E-state index in [1.54, 1.807) is 0 Å². The summed E-state index contributed by atoms with van der Waals surface area (Å²) in [5.74, 6) is -0.179. The zero-order valence-electron chi connectivity index (χ0n) is 11.8. The van der Waals surface area contributed by atoms with Crippen LogP contribution in [0.15, 0.2) is 0 Å². The van der Waals surface area contributed by atoms with Gasteiger partial charge in [0.15, 0.2) is 6.10 Å². The van der Waals surface area contributed by atoms with Gasteiger partial charge in [-0.3, -0.25) is 14.4 Å². The van der Waals surface area contributed by atoms with Crippen molar-refractivity contribution in [3.8, 4) is 12.3 Å². The van der Waals surface area contributed by atoms with Gasteiger partial charge in [-0.15, -0.1) is 6.42 Å². The van der Waals surface area contributed by atoms with Gasteiger partial charge in [0, 0.05) is 20.8 Å². The highest BCUT2D eigenvalue weighted by Crippen LogP contribution is 2.31. The standard InChI is InChI=1S/C13H16O8/c1-5-13(17)10(19-7(2)14)6-18-12(21-9(4)16)11(13)20-8(3)15/h1,10-12,17H,6H2,2-4H3/t10-,11+,12+,13-/m1/s1. The summed E-state index contributed by atoms with van der Waals surface area (Å²) in [6.45, 7) is 2.99. The van der Waals surface area contributed by atoms with Crippen molar-refractivity contribution in [2.45, 2.75) is 44.9 Å². The Hall–Kier alpha value is -2.11. The minimum Gasteiger partial charge on any atom is -0.456 e. The predicted molar refractivity (Wildman–Crippen MR) is 66.4 cm³/mol. The zero-order chi connectivity index (χ0) is 16.2. The van der Waals surface area contributed by atoms with Crippen LogP contribution in [-0.2, 0) is 33.3 Å². The number of carbonyl (C=O) groups is 3. The summed E-state index contributed by atoms with van der Waals surface area (Å²) >= 11 is 0. The second-order valence-electron chi connectivity index (χ2n) is 4.41. The lowest BCUT2D eigenvalue weighted by atomic mass is 9.88. The number of ether oxygens (including phenoxy) is 4. The molecule has 1 heterocycles. The molecule has 1 saturated heterocycles. The Morgan fingerprint density at radius 1 is 1.14 bits per heavy atom. The smallest absolute Gasteiger partial charge is 0.305 e. The molecule has 8 heteroatoms. The van der Waals surface area contributed by atoms with Crippen LogP contribution in [0.2, 0.25) is 0 Å². The molecule has 0 aromatic carbocycles. The van der Waals surface area contributed by atoms with Gasteiger partial charge in [0.2, 0.25) is 18.0 Å². The van der Waals surface area contributed by atoms with Crippen LogP contribution < -0.4 is 0 Å². The zero-order valence-corrected chi connectivity index (χ0v) is 11.8. The summed E-state index contributed by atoms with van der Waals surface area (Å²) in [5.41, 5.74) is -2.18. The third kappa shape index (κ3) is 3.93. The first-order valence-electron chi connectivity index (χ1n) is 6.04. The molecule has 1 rings (SSSR count). The van der Waals surface area contributed by atoms with Crippen LogP contribution in [0.5, 0.6) is 0 Å². The second-order valence-corrected chi connectivity index (χ2v) is 4.41. The van der Waals surface area contributed by atoms with E-state index < -0.39 is 42.0 Å². The molecule has 0 unspecified atom stereocenters. The Bertz CT molecular complexity index is 479. The van der Waals surface area contributed by atoms with Gasteiger partial charge in [0.05, 0.1) is 6.61 Å². The van der Waals surface area contributed by atoms with Gasteiger partial charge in [-0.05, 0) is 0 Å². The summed E-state index contributed by atoms with van der Waals surface area (Å²) < 4.78 is 19.8. The molecule has 8 nitrogen and oxygen atoms in total. The van der Waals surface area contributed by atoms with Crippen molar-refractivity contribution in [1.82, 2.24) is 0 Å². The molecule has 21 heavy (non-hydrogen) atoms. The van der Waals surface area contributed by atoms with Crippen LogP contribution in [0.4, 0.5) is 0 Å². The van der Waals surface area contributed by atoms with Crippen molar-refractivity contribution >= 4 is 17.9 Å². The normalized spacial score (nSPS) is 31.7. The van der Waals surface area contributed by atoms with E-state index in [4.69, 9.17) is 25.4 Å². The molecule has 0 aliphatic carbocycles. The maximum absolute atomic E-state index is 11.2. The lowest BCUT2D eigenvalue weighted by Crippen LogP contribution is -2.65. The van der Waals surface area contributed by atoms with E-state index >= 15 is 0 Å². The van der Waals surface area contributed by atoms with Crippen molar-refractivity contribution < 1.29 is 38.4 Å². The number of aliphatic hydroxyl groups is 1. The van der Waals surface area contributed by atoms with E-state index in [0.29, 0.717) is 0 Å². The van der Waals surface area contributed by atoms with Gasteiger partial charge in [-0.25, -0.2) is 0 Å². The summed E-state index contributed by atoms with van der Waals surface area (Å²) in [5, 5.41) is 10.5. The Morgan fingerprint density at radius 3 is 2.10 bits per heavy atom. The first-order chi connectivity index (χ1) is 9.70. The highest BCUT2D eigenvalue weighted by atomic mass is 16.7. The fourth-order valence-corrected chi connectivity index (χ4v) is 1.87. The van der Waals surface area contributed by atoms with Crippen LogP contribution in [0.1, 0.15) is 20.8 Å². The highest BCUT2D eigenvalue weighted by molar-refractivity contribution is 5.68. The third-order valence-corrected chi connectivity index (χ3v) is 2.70. The lowest BCUT2D eigenvalue weighted by molar-refractivity contribution is -0.287. The van der Waals surface area contributed by atoms with Crippen LogP contribution in [0.3, 0.4) is 0 Å². The Balaban J connectivity index is 3.11. The molecular formula is C13H16O8.